The van der Waals surface area contributed by atoms with Gasteiger partial charge in [-0.25, -0.2) is 4.98 Å². The molecule has 0 aliphatic carbocycles. The maximum atomic E-state index is 6.35. The van der Waals surface area contributed by atoms with Crippen LogP contribution in [0.2, 0.25) is 0 Å². The fourth-order valence-electron chi connectivity index (χ4n) is 3.80. The van der Waals surface area contributed by atoms with Crippen molar-refractivity contribution in [1.82, 2.24) is 9.97 Å². The van der Waals surface area contributed by atoms with Gasteiger partial charge in [-0.05, 0) is 49.2 Å². The van der Waals surface area contributed by atoms with Crippen LogP contribution >= 0.6 is 11.8 Å². The van der Waals surface area contributed by atoms with Crippen molar-refractivity contribution in [3.63, 3.8) is 0 Å². The van der Waals surface area contributed by atoms with Crippen molar-refractivity contribution in [2.24, 2.45) is 5.73 Å². The summed E-state index contributed by atoms with van der Waals surface area (Å²) in [6.45, 7) is 1.48. The summed E-state index contributed by atoms with van der Waals surface area (Å²) in [5.74, 6) is 1.50. The monoisotopic (exact) mass is 406 g/mol. The first kappa shape index (κ1) is 18.4. The van der Waals surface area contributed by atoms with Crippen LogP contribution < -0.4 is 15.4 Å². The summed E-state index contributed by atoms with van der Waals surface area (Å²) in [6.07, 6.45) is 5.45. The summed E-state index contributed by atoms with van der Waals surface area (Å²) in [5.41, 5.74) is 9.24. The zero-order chi connectivity index (χ0) is 19.6. The number of ether oxygens (including phenoxy) is 2. The number of rotatable bonds is 4. The van der Waals surface area contributed by atoms with Gasteiger partial charge < -0.3 is 20.1 Å². The van der Waals surface area contributed by atoms with Gasteiger partial charge in [-0.15, -0.1) is 0 Å². The van der Waals surface area contributed by atoms with Gasteiger partial charge in [0, 0.05) is 35.5 Å². The first-order chi connectivity index (χ1) is 14.3. The van der Waals surface area contributed by atoms with Gasteiger partial charge in [0.2, 0.25) is 5.88 Å². The van der Waals surface area contributed by atoms with E-state index in [2.05, 4.69) is 27.0 Å². The second-order valence-electron chi connectivity index (χ2n) is 7.10. The van der Waals surface area contributed by atoms with Gasteiger partial charge >= 0.3 is 0 Å². The molecule has 29 heavy (non-hydrogen) atoms. The zero-order valence-corrected chi connectivity index (χ0v) is 16.7. The summed E-state index contributed by atoms with van der Waals surface area (Å²) < 4.78 is 11.7. The molecule has 2 aromatic carbocycles. The number of fused-ring (bicyclic) bond motifs is 1. The Kier molecular flexibility index (Phi) is 5.10. The van der Waals surface area contributed by atoms with Crippen LogP contribution in [-0.4, -0.2) is 28.7 Å². The molecule has 1 aromatic heterocycles. The van der Waals surface area contributed by atoms with E-state index in [1.807, 2.05) is 36.4 Å². The normalized spacial score (nSPS) is 21.1. The summed E-state index contributed by atoms with van der Waals surface area (Å²) in [5, 5.41) is 0. The van der Waals surface area contributed by atoms with E-state index in [4.69, 9.17) is 15.2 Å². The van der Waals surface area contributed by atoms with Crippen molar-refractivity contribution >= 4 is 23.1 Å². The third-order valence-electron chi connectivity index (χ3n) is 5.19. The summed E-state index contributed by atoms with van der Waals surface area (Å²) >= 11 is 1.66. The van der Waals surface area contributed by atoms with Crippen LogP contribution in [0.1, 0.15) is 24.5 Å². The number of nitrogens with zero attached hydrogens (tertiary/aromatic N) is 3. The van der Waals surface area contributed by atoms with Crippen molar-refractivity contribution in [2.75, 3.05) is 18.1 Å². The number of benzene rings is 2. The van der Waals surface area contributed by atoms with E-state index < -0.39 is 0 Å². The number of nitrogens with two attached hydrogens (primary N) is 1. The zero-order valence-electron chi connectivity index (χ0n) is 15.9. The standard InChI is InChI=1S/C22H22N4O2S/c23-22-26(18-5-1-2-6-19(18)29-22)16-7-9-17(10-8-16)28-21-20(24-11-12-25-21)15-4-3-13-27-14-15/h1-2,5-12,15,22H,3-4,13-14,23H2. The van der Waals surface area contributed by atoms with Gasteiger partial charge in [0.15, 0.2) is 0 Å². The molecule has 0 radical (unpaired) electrons. The van der Waals surface area contributed by atoms with E-state index in [1.165, 1.54) is 4.90 Å². The van der Waals surface area contributed by atoms with Crippen LogP contribution in [0.4, 0.5) is 11.4 Å². The molecule has 1 saturated heterocycles. The first-order valence-corrected chi connectivity index (χ1v) is 10.6. The van der Waals surface area contributed by atoms with Crippen LogP contribution in [0.25, 0.3) is 0 Å². The first-order valence-electron chi connectivity index (χ1n) is 9.77. The molecular formula is C22H22N4O2S. The van der Waals surface area contributed by atoms with Crippen LogP contribution in [0, 0.1) is 0 Å². The molecule has 2 aliphatic rings. The molecule has 1 fully saturated rings. The molecule has 6 nitrogen and oxygen atoms in total. The maximum Gasteiger partial charge on any atom is 0.241 e. The van der Waals surface area contributed by atoms with E-state index in [9.17, 15) is 0 Å². The lowest BCUT2D eigenvalue weighted by atomic mass is 9.98. The van der Waals surface area contributed by atoms with Crippen molar-refractivity contribution < 1.29 is 9.47 Å². The number of anilines is 2. The Labute approximate surface area is 174 Å². The Morgan fingerprint density at radius 2 is 1.90 bits per heavy atom. The Balaban J connectivity index is 1.37. The maximum absolute atomic E-state index is 6.35. The number of thioether (sulfide) groups is 1. The van der Waals surface area contributed by atoms with Gasteiger partial charge in [-0.2, -0.15) is 0 Å². The van der Waals surface area contributed by atoms with Crippen LogP contribution in [-0.2, 0) is 4.74 Å². The highest BCUT2D eigenvalue weighted by Gasteiger charge is 2.28. The molecule has 3 aromatic rings. The number of aromatic nitrogens is 2. The fourth-order valence-corrected chi connectivity index (χ4v) is 4.84. The molecule has 0 spiro atoms. The Hall–Kier alpha value is -2.61. The number of hydrogen-bond acceptors (Lipinski definition) is 7. The quantitative estimate of drug-likeness (QED) is 0.676. The van der Waals surface area contributed by atoms with Gasteiger partial charge in [0.1, 0.15) is 16.9 Å². The lowest BCUT2D eigenvalue weighted by Crippen LogP contribution is -2.31. The summed E-state index contributed by atoms with van der Waals surface area (Å²) in [7, 11) is 0. The van der Waals surface area contributed by atoms with E-state index >= 15 is 0 Å². The highest BCUT2D eigenvalue weighted by Crippen LogP contribution is 2.45. The van der Waals surface area contributed by atoms with Crippen LogP contribution in [0.15, 0.2) is 65.8 Å². The van der Waals surface area contributed by atoms with Gasteiger partial charge in [0.05, 0.1) is 12.3 Å². The lowest BCUT2D eigenvalue weighted by molar-refractivity contribution is 0.0784. The van der Waals surface area contributed by atoms with Crippen molar-refractivity contribution in [1.29, 1.82) is 0 Å². The van der Waals surface area contributed by atoms with Gasteiger partial charge in [-0.1, -0.05) is 23.9 Å². The second kappa shape index (κ2) is 8.02. The second-order valence-corrected chi connectivity index (χ2v) is 8.26. The van der Waals surface area contributed by atoms with Crippen molar-refractivity contribution in [3.05, 3.63) is 66.6 Å². The topological polar surface area (TPSA) is 73.5 Å². The predicted molar refractivity (Wildman–Crippen MR) is 114 cm³/mol. The van der Waals surface area contributed by atoms with Crippen molar-refractivity contribution in [2.45, 2.75) is 29.2 Å². The molecule has 0 amide bonds. The molecule has 2 unspecified atom stereocenters. The molecule has 2 aliphatic heterocycles. The molecule has 148 valence electrons. The highest BCUT2D eigenvalue weighted by molar-refractivity contribution is 8.00. The molecule has 7 heteroatoms. The molecule has 0 bridgehead atoms. The predicted octanol–water partition coefficient (Wildman–Crippen LogP) is 4.65. The van der Waals surface area contributed by atoms with Crippen LogP contribution in [0.5, 0.6) is 11.6 Å². The minimum Gasteiger partial charge on any atom is -0.437 e. The Morgan fingerprint density at radius 3 is 2.72 bits per heavy atom. The van der Waals surface area contributed by atoms with Gasteiger partial charge in [-0.3, -0.25) is 4.98 Å². The molecular weight excluding hydrogens is 384 g/mol. The minimum atomic E-state index is -0.142. The number of para-hydroxylation sites is 1. The van der Waals surface area contributed by atoms with Crippen molar-refractivity contribution in [3.8, 4) is 11.6 Å². The average molecular weight is 407 g/mol. The van der Waals surface area contributed by atoms with E-state index in [0.29, 0.717) is 12.5 Å². The molecule has 2 atom stereocenters. The van der Waals surface area contributed by atoms with Crippen LogP contribution in [0.3, 0.4) is 0 Å². The smallest absolute Gasteiger partial charge is 0.241 e. The van der Waals surface area contributed by atoms with E-state index in [-0.39, 0.29) is 11.4 Å². The summed E-state index contributed by atoms with van der Waals surface area (Å²) in [6, 6.07) is 16.2. The van der Waals surface area contributed by atoms with Gasteiger partial charge in [0.25, 0.3) is 0 Å². The highest BCUT2D eigenvalue weighted by atomic mass is 32.2. The molecule has 3 heterocycles. The average Bonchev–Trinajstić information content (AvgIpc) is 3.11. The third kappa shape index (κ3) is 3.69. The molecule has 0 saturated carbocycles. The lowest BCUT2D eigenvalue weighted by Gasteiger charge is -2.24. The SMILES string of the molecule is NC1Sc2ccccc2N1c1ccc(Oc2nccnc2C2CCCOC2)cc1. The Bertz CT molecular complexity index is 992. The molecule has 2 N–H and O–H groups in total. The molecule has 5 rings (SSSR count). The fraction of sp³-hybridized carbons (Fsp3) is 0.273. The van der Waals surface area contributed by atoms with E-state index in [0.717, 1.165) is 42.3 Å². The summed E-state index contributed by atoms with van der Waals surface area (Å²) in [4.78, 5) is 12.3. The largest absolute Gasteiger partial charge is 0.437 e. The van der Waals surface area contributed by atoms with E-state index in [1.54, 1.807) is 24.2 Å². The number of hydrogen-bond donors (Lipinski definition) is 1. The minimum absolute atomic E-state index is 0.142. The third-order valence-corrected chi connectivity index (χ3v) is 6.25. The Morgan fingerprint density at radius 1 is 1.07 bits per heavy atom.